The van der Waals surface area contributed by atoms with Crippen molar-refractivity contribution in [3.63, 3.8) is 0 Å². The first kappa shape index (κ1) is 17.2. The van der Waals surface area contributed by atoms with Gasteiger partial charge in [-0.15, -0.1) is 11.3 Å². The quantitative estimate of drug-likeness (QED) is 0.768. The van der Waals surface area contributed by atoms with Gasteiger partial charge in [0, 0.05) is 17.0 Å². The Morgan fingerprint density at radius 3 is 2.72 bits per heavy atom. The van der Waals surface area contributed by atoms with Crippen LogP contribution < -0.4 is 10.9 Å². The fraction of sp³-hybridized carbons (Fsp3) is 0.235. The molecule has 5 nitrogen and oxygen atoms in total. The largest absolute Gasteiger partial charge is 0.319 e. The third kappa shape index (κ3) is 3.05. The molecule has 0 aliphatic heterocycles. The molecule has 8 heteroatoms. The van der Waals surface area contributed by atoms with Gasteiger partial charge in [-0.05, 0) is 32.9 Å². The van der Waals surface area contributed by atoms with Crippen LogP contribution in [0.3, 0.4) is 0 Å². The zero-order valence-corrected chi connectivity index (χ0v) is 14.6. The smallest absolute Gasteiger partial charge is 0.271 e. The van der Waals surface area contributed by atoms with Gasteiger partial charge in [-0.3, -0.25) is 14.2 Å². The minimum atomic E-state index is -0.748. The number of hydrogen-bond acceptors (Lipinski definition) is 4. The van der Waals surface area contributed by atoms with E-state index in [1.807, 2.05) is 13.8 Å². The van der Waals surface area contributed by atoms with Gasteiger partial charge in [0.05, 0.1) is 17.6 Å². The van der Waals surface area contributed by atoms with Gasteiger partial charge in [0.2, 0.25) is 0 Å². The molecule has 130 valence electrons. The summed E-state index contributed by atoms with van der Waals surface area (Å²) in [5, 5.41) is 2.35. The Kier molecular flexibility index (Phi) is 4.38. The molecule has 0 aliphatic rings. The van der Waals surface area contributed by atoms with Gasteiger partial charge in [0.1, 0.15) is 21.9 Å². The molecule has 0 spiro atoms. The summed E-state index contributed by atoms with van der Waals surface area (Å²) in [4.78, 5) is 29.9. The first-order valence-electron chi connectivity index (χ1n) is 7.56. The van der Waals surface area contributed by atoms with Gasteiger partial charge in [0.15, 0.2) is 0 Å². The van der Waals surface area contributed by atoms with Crippen LogP contribution in [0, 0.1) is 18.6 Å². The average molecular weight is 363 g/mol. The third-order valence-electron chi connectivity index (χ3n) is 3.76. The van der Waals surface area contributed by atoms with Crippen molar-refractivity contribution in [1.29, 1.82) is 0 Å². The fourth-order valence-corrected chi connectivity index (χ4v) is 3.55. The molecule has 1 amide bonds. The van der Waals surface area contributed by atoms with Crippen molar-refractivity contribution < 1.29 is 13.6 Å². The van der Waals surface area contributed by atoms with E-state index < -0.39 is 17.5 Å². The molecule has 3 aromatic rings. The molecule has 2 aromatic heterocycles. The molecule has 0 saturated heterocycles. The second kappa shape index (κ2) is 6.36. The molecule has 0 saturated carbocycles. The van der Waals surface area contributed by atoms with E-state index in [9.17, 15) is 18.4 Å². The summed E-state index contributed by atoms with van der Waals surface area (Å²) in [7, 11) is 0. The molecule has 0 fully saturated rings. The number of fused-ring (bicyclic) bond motifs is 1. The highest BCUT2D eigenvalue weighted by Gasteiger charge is 2.22. The lowest BCUT2D eigenvalue weighted by Crippen LogP contribution is -2.22. The van der Waals surface area contributed by atoms with Crippen LogP contribution in [0.5, 0.6) is 0 Å². The molecular formula is C17H15F2N3O2S. The number of benzene rings is 1. The van der Waals surface area contributed by atoms with Gasteiger partial charge in [-0.2, -0.15) is 0 Å². The Labute approximate surface area is 145 Å². The van der Waals surface area contributed by atoms with E-state index in [4.69, 9.17) is 0 Å². The lowest BCUT2D eigenvalue weighted by molar-refractivity contribution is 0.102. The first-order chi connectivity index (χ1) is 11.8. The maximum absolute atomic E-state index is 13.7. The molecule has 1 N–H and O–H groups in total. The van der Waals surface area contributed by atoms with Crippen LogP contribution >= 0.6 is 11.3 Å². The Hall–Kier alpha value is -2.61. The average Bonchev–Trinajstić information content (AvgIpc) is 2.88. The third-order valence-corrected chi connectivity index (χ3v) is 4.84. The molecule has 0 unspecified atom stereocenters. The molecule has 3 rings (SSSR count). The molecule has 0 aliphatic carbocycles. The van der Waals surface area contributed by atoms with Gasteiger partial charge in [-0.25, -0.2) is 13.8 Å². The number of carbonyl (C=O) groups excluding carboxylic acids is 1. The van der Waals surface area contributed by atoms with E-state index in [-0.39, 0.29) is 28.4 Å². The van der Waals surface area contributed by atoms with Crippen molar-refractivity contribution in [2.45, 2.75) is 26.8 Å². The van der Waals surface area contributed by atoms with E-state index >= 15 is 0 Å². The van der Waals surface area contributed by atoms with Crippen LogP contribution in [0.1, 0.15) is 35.1 Å². The molecular weight excluding hydrogens is 348 g/mol. The predicted octanol–water partition coefficient (Wildman–Crippen LogP) is 3.88. The van der Waals surface area contributed by atoms with Crippen molar-refractivity contribution in [3.8, 4) is 0 Å². The molecule has 25 heavy (non-hydrogen) atoms. The zero-order valence-electron chi connectivity index (χ0n) is 13.8. The summed E-state index contributed by atoms with van der Waals surface area (Å²) in [6.07, 6.45) is 1.39. The van der Waals surface area contributed by atoms with Crippen LogP contribution in [-0.2, 0) is 0 Å². The molecule has 0 radical (unpaired) electrons. The van der Waals surface area contributed by atoms with Crippen LogP contribution in [0.4, 0.5) is 14.5 Å². The molecule has 2 heterocycles. The topological polar surface area (TPSA) is 64.0 Å². The van der Waals surface area contributed by atoms with Crippen molar-refractivity contribution in [2.24, 2.45) is 0 Å². The highest BCUT2D eigenvalue weighted by atomic mass is 32.1. The number of carbonyl (C=O) groups is 1. The first-order valence-corrected chi connectivity index (χ1v) is 8.38. The summed E-state index contributed by atoms with van der Waals surface area (Å²) >= 11 is 1.16. The number of nitrogens with one attached hydrogen (secondary N) is 1. The molecule has 1 aromatic carbocycles. The van der Waals surface area contributed by atoms with E-state index in [0.29, 0.717) is 9.58 Å². The van der Waals surface area contributed by atoms with Crippen LogP contribution in [0.2, 0.25) is 0 Å². The summed E-state index contributed by atoms with van der Waals surface area (Å²) in [6, 6.07) is 2.73. The maximum atomic E-state index is 13.7. The number of rotatable bonds is 3. The second-order valence-electron chi connectivity index (χ2n) is 5.84. The van der Waals surface area contributed by atoms with Gasteiger partial charge < -0.3 is 5.32 Å². The number of aryl methyl sites for hydroxylation is 1. The Morgan fingerprint density at radius 2 is 2.04 bits per heavy atom. The lowest BCUT2D eigenvalue weighted by Gasteiger charge is -2.09. The number of aromatic nitrogens is 2. The highest BCUT2D eigenvalue weighted by molar-refractivity contribution is 7.19. The van der Waals surface area contributed by atoms with Crippen LogP contribution in [0.25, 0.3) is 10.2 Å². The summed E-state index contributed by atoms with van der Waals surface area (Å²) < 4.78 is 28.9. The van der Waals surface area contributed by atoms with E-state index in [1.54, 1.807) is 6.92 Å². The Balaban J connectivity index is 2.08. The minimum Gasteiger partial charge on any atom is -0.319 e. The van der Waals surface area contributed by atoms with Crippen LogP contribution in [-0.4, -0.2) is 15.5 Å². The Morgan fingerprint density at radius 1 is 1.32 bits per heavy atom. The standard InChI is InChI=1S/C17H15F2N3O2S/c1-8(2)22-7-20-14-13(9(3)25-15(14)17(22)24)16(23)21-12-6-10(18)4-5-11(12)19/h4-8H,1-3H3,(H,21,23). The van der Waals surface area contributed by atoms with Gasteiger partial charge >= 0.3 is 0 Å². The van der Waals surface area contributed by atoms with E-state index in [2.05, 4.69) is 10.3 Å². The predicted molar refractivity (Wildman–Crippen MR) is 93.3 cm³/mol. The van der Waals surface area contributed by atoms with Crippen molar-refractivity contribution in [3.05, 3.63) is 57.0 Å². The second-order valence-corrected chi connectivity index (χ2v) is 7.06. The Bertz CT molecular complexity index is 1040. The van der Waals surface area contributed by atoms with Crippen LogP contribution in [0.15, 0.2) is 29.3 Å². The summed E-state index contributed by atoms with van der Waals surface area (Å²) in [5.74, 6) is -2.05. The number of thiophene rings is 1. The number of anilines is 1. The van der Waals surface area contributed by atoms with Gasteiger partial charge in [-0.1, -0.05) is 0 Å². The minimum absolute atomic E-state index is 0.0644. The monoisotopic (exact) mass is 363 g/mol. The van der Waals surface area contributed by atoms with Crippen molar-refractivity contribution in [1.82, 2.24) is 9.55 Å². The zero-order chi connectivity index (χ0) is 18.3. The summed E-state index contributed by atoms with van der Waals surface area (Å²) in [5.41, 5.74) is -0.0428. The fourth-order valence-electron chi connectivity index (χ4n) is 2.50. The van der Waals surface area contributed by atoms with E-state index in [1.165, 1.54) is 10.9 Å². The lowest BCUT2D eigenvalue weighted by atomic mass is 10.2. The number of halogens is 2. The number of amides is 1. The van der Waals surface area contributed by atoms with E-state index in [0.717, 1.165) is 29.5 Å². The number of hydrogen-bond donors (Lipinski definition) is 1. The molecule has 0 bridgehead atoms. The highest BCUT2D eigenvalue weighted by Crippen LogP contribution is 2.28. The SMILES string of the molecule is Cc1sc2c(=O)n(C(C)C)cnc2c1C(=O)Nc1cc(F)ccc1F. The van der Waals surface area contributed by atoms with Gasteiger partial charge in [0.25, 0.3) is 11.5 Å². The van der Waals surface area contributed by atoms with Crippen molar-refractivity contribution >= 4 is 33.1 Å². The van der Waals surface area contributed by atoms with Crippen molar-refractivity contribution in [2.75, 3.05) is 5.32 Å². The normalized spacial score (nSPS) is 11.3. The summed E-state index contributed by atoms with van der Waals surface area (Å²) in [6.45, 7) is 5.40. The maximum Gasteiger partial charge on any atom is 0.271 e. The number of nitrogens with zero attached hydrogens (tertiary/aromatic N) is 2. The molecule has 0 atom stereocenters.